The van der Waals surface area contributed by atoms with E-state index < -0.39 is 0 Å². The predicted octanol–water partition coefficient (Wildman–Crippen LogP) is 4.16. The average molecular weight is 279 g/mol. The second-order valence-corrected chi connectivity index (χ2v) is 4.99. The van der Waals surface area contributed by atoms with Crippen molar-refractivity contribution < 1.29 is 0 Å². The smallest absolute Gasteiger partial charge is 0.0868 e. The lowest BCUT2D eigenvalue weighted by Crippen LogP contribution is -1.98. The fraction of sp³-hybridized carbons (Fsp3) is 0.308. The number of pyridine rings is 1. The molecule has 0 saturated heterocycles. The van der Waals surface area contributed by atoms with Crippen LogP contribution in [0.1, 0.15) is 25.5 Å². The molecule has 0 amide bonds. The Hall–Kier alpha value is -1.09. The molecule has 1 aromatic carbocycles. The summed E-state index contributed by atoms with van der Waals surface area (Å²) >= 11 is 3.55. The number of hydrogen-bond acceptors (Lipinski definition) is 2. The number of rotatable bonds is 2. The van der Waals surface area contributed by atoms with Crippen LogP contribution in [0.2, 0.25) is 0 Å². The lowest BCUT2D eigenvalue weighted by Gasteiger charge is -2.12. The molecule has 0 radical (unpaired) electrons. The Morgan fingerprint density at radius 2 is 2.06 bits per heavy atom. The number of halogens is 1. The van der Waals surface area contributed by atoms with Crippen LogP contribution < -0.4 is 5.32 Å². The van der Waals surface area contributed by atoms with Crippen molar-refractivity contribution in [1.29, 1.82) is 0 Å². The molecule has 84 valence electrons. The molecule has 0 bridgehead atoms. The van der Waals surface area contributed by atoms with Gasteiger partial charge in [0.15, 0.2) is 0 Å². The van der Waals surface area contributed by atoms with E-state index in [2.05, 4.69) is 47.2 Å². The summed E-state index contributed by atoms with van der Waals surface area (Å²) in [7, 11) is 1.94. The molecule has 0 aliphatic rings. The Kier molecular flexibility index (Phi) is 3.15. The molecule has 0 aliphatic heterocycles. The first-order chi connectivity index (χ1) is 7.63. The number of nitrogens with zero attached hydrogens (tertiary/aromatic N) is 1. The first kappa shape index (κ1) is 11.4. The number of para-hydroxylation sites is 1. The minimum Gasteiger partial charge on any atom is -0.388 e. The summed E-state index contributed by atoms with van der Waals surface area (Å²) in [5.74, 6) is 0.434. The third kappa shape index (κ3) is 1.92. The van der Waals surface area contributed by atoms with Crippen LogP contribution in [0.4, 0.5) is 5.69 Å². The molecular weight excluding hydrogens is 264 g/mol. The van der Waals surface area contributed by atoms with Gasteiger partial charge >= 0.3 is 0 Å². The second-order valence-electron chi connectivity index (χ2n) is 4.14. The molecule has 2 aromatic rings. The normalized spacial score (nSPS) is 11.1. The van der Waals surface area contributed by atoms with Gasteiger partial charge in [0, 0.05) is 28.3 Å². The summed E-state index contributed by atoms with van der Waals surface area (Å²) in [6, 6.07) is 8.27. The second kappa shape index (κ2) is 4.42. The third-order valence-corrected chi connectivity index (χ3v) is 3.31. The Balaban J connectivity index is 2.79. The van der Waals surface area contributed by atoms with Crippen molar-refractivity contribution in [3.63, 3.8) is 0 Å². The SMILES string of the molecule is CNc1cc(C(C)C)nc2c(Br)cccc12. The fourth-order valence-corrected chi connectivity index (χ4v) is 2.19. The maximum absolute atomic E-state index is 4.70. The zero-order valence-electron chi connectivity index (χ0n) is 9.71. The Morgan fingerprint density at radius 3 is 2.69 bits per heavy atom. The Morgan fingerprint density at radius 1 is 1.31 bits per heavy atom. The van der Waals surface area contributed by atoms with Gasteiger partial charge in [-0.3, -0.25) is 4.98 Å². The van der Waals surface area contributed by atoms with Crippen molar-refractivity contribution in [2.45, 2.75) is 19.8 Å². The lowest BCUT2D eigenvalue weighted by atomic mass is 10.1. The van der Waals surface area contributed by atoms with Gasteiger partial charge in [0.2, 0.25) is 0 Å². The summed E-state index contributed by atoms with van der Waals surface area (Å²) in [6.07, 6.45) is 0. The molecule has 3 heteroatoms. The van der Waals surface area contributed by atoms with E-state index in [-0.39, 0.29) is 0 Å². The molecule has 0 fully saturated rings. The van der Waals surface area contributed by atoms with Gasteiger partial charge in [-0.05, 0) is 34.0 Å². The molecule has 2 nitrogen and oxygen atoms in total. The highest BCUT2D eigenvalue weighted by atomic mass is 79.9. The molecule has 1 heterocycles. The van der Waals surface area contributed by atoms with Gasteiger partial charge in [0.25, 0.3) is 0 Å². The number of anilines is 1. The quantitative estimate of drug-likeness (QED) is 0.892. The van der Waals surface area contributed by atoms with Crippen LogP contribution in [0.25, 0.3) is 10.9 Å². The van der Waals surface area contributed by atoms with E-state index in [4.69, 9.17) is 4.98 Å². The molecule has 1 N–H and O–H groups in total. The highest BCUT2D eigenvalue weighted by molar-refractivity contribution is 9.10. The van der Waals surface area contributed by atoms with Crippen LogP contribution >= 0.6 is 15.9 Å². The van der Waals surface area contributed by atoms with Crippen molar-refractivity contribution in [3.8, 4) is 0 Å². The van der Waals surface area contributed by atoms with Crippen LogP contribution in [0.15, 0.2) is 28.7 Å². The highest BCUT2D eigenvalue weighted by Crippen LogP contribution is 2.30. The zero-order valence-corrected chi connectivity index (χ0v) is 11.3. The molecule has 0 atom stereocenters. The van der Waals surface area contributed by atoms with E-state index in [1.165, 1.54) is 0 Å². The van der Waals surface area contributed by atoms with Gasteiger partial charge < -0.3 is 5.32 Å². The van der Waals surface area contributed by atoms with Gasteiger partial charge in [0.05, 0.1) is 5.52 Å². The summed E-state index contributed by atoms with van der Waals surface area (Å²) < 4.78 is 1.05. The largest absolute Gasteiger partial charge is 0.388 e. The molecule has 2 rings (SSSR count). The van der Waals surface area contributed by atoms with Crippen molar-refractivity contribution in [1.82, 2.24) is 4.98 Å². The number of aromatic nitrogens is 1. The number of nitrogens with one attached hydrogen (secondary N) is 1. The highest BCUT2D eigenvalue weighted by Gasteiger charge is 2.09. The molecule has 16 heavy (non-hydrogen) atoms. The zero-order chi connectivity index (χ0) is 11.7. The van der Waals surface area contributed by atoms with Gasteiger partial charge in [-0.15, -0.1) is 0 Å². The number of fused-ring (bicyclic) bond motifs is 1. The molecule has 0 spiro atoms. The minimum absolute atomic E-state index is 0.434. The lowest BCUT2D eigenvalue weighted by molar-refractivity contribution is 0.830. The first-order valence-electron chi connectivity index (χ1n) is 5.40. The monoisotopic (exact) mass is 278 g/mol. The van der Waals surface area contributed by atoms with E-state index >= 15 is 0 Å². The summed E-state index contributed by atoms with van der Waals surface area (Å²) in [5.41, 5.74) is 3.27. The third-order valence-electron chi connectivity index (χ3n) is 2.67. The first-order valence-corrected chi connectivity index (χ1v) is 6.19. The van der Waals surface area contributed by atoms with E-state index in [1.807, 2.05) is 19.2 Å². The van der Waals surface area contributed by atoms with Crippen molar-refractivity contribution >= 4 is 32.5 Å². The topological polar surface area (TPSA) is 24.9 Å². The van der Waals surface area contributed by atoms with Crippen molar-refractivity contribution in [2.75, 3.05) is 12.4 Å². The van der Waals surface area contributed by atoms with Crippen LogP contribution in [-0.2, 0) is 0 Å². The molecule has 0 saturated carbocycles. The van der Waals surface area contributed by atoms with Crippen LogP contribution in [0, 0.1) is 0 Å². The van der Waals surface area contributed by atoms with Crippen LogP contribution in [0.5, 0.6) is 0 Å². The average Bonchev–Trinajstić information content (AvgIpc) is 2.28. The maximum Gasteiger partial charge on any atom is 0.0868 e. The molecular formula is C13H15BrN2. The number of hydrogen-bond donors (Lipinski definition) is 1. The Labute approximate surface area is 104 Å². The van der Waals surface area contributed by atoms with Crippen molar-refractivity contribution in [3.05, 3.63) is 34.4 Å². The fourth-order valence-electron chi connectivity index (χ4n) is 1.74. The molecule has 1 aromatic heterocycles. The molecule has 0 aliphatic carbocycles. The Bertz CT molecular complexity index is 521. The summed E-state index contributed by atoms with van der Waals surface area (Å²) in [4.78, 5) is 4.70. The molecule has 0 unspecified atom stereocenters. The predicted molar refractivity (Wildman–Crippen MR) is 73.1 cm³/mol. The minimum atomic E-state index is 0.434. The maximum atomic E-state index is 4.70. The van der Waals surface area contributed by atoms with Crippen molar-refractivity contribution in [2.24, 2.45) is 0 Å². The van der Waals surface area contributed by atoms with E-state index in [9.17, 15) is 0 Å². The summed E-state index contributed by atoms with van der Waals surface area (Å²) in [5, 5.41) is 4.39. The summed E-state index contributed by atoms with van der Waals surface area (Å²) in [6.45, 7) is 4.31. The van der Waals surface area contributed by atoms with E-state index in [0.717, 1.165) is 26.8 Å². The van der Waals surface area contributed by atoms with Gasteiger partial charge in [-0.25, -0.2) is 0 Å². The van der Waals surface area contributed by atoms with Gasteiger partial charge in [-0.2, -0.15) is 0 Å². The van der Waals surface area contributed by atoms with Crippen LogP contribution in [-0.4, -0.2) is 12.0 Å². The van der Waals surface area contributed by atoms with Gasteiger partial charge in [0.1, 0.15) is 0 Å². The van der Waals surface area contributed by atoms with Crippen LogP contribution in [0.3, 0.4) is 0 Å². The standard InChI is InChI=1S/C13H15BrN2/c1-8(2)11-7-12(15-3)9-5-4-6-10(14)13(9)16-11/h4-8H,1-3H3,(H,15,16). The van der Waals surface area contributed by atoms with E-state index in [1.54, 1.807) is 0 Å². The van der Waals surface area contributed by atoms with E-state index in [0.29, 0.717) is 5.92 Å². The number of benzene rings is 1. The van der Waals surface area contributed by atoms with Gasteiger partial charge in [-0.1, -0.05) is 26.0 Å².